The van der Waals surface area contributed by atoms with Crippen molar-refractivity contribution in [2.24, 2.45) is 0 Å². The molecule has 0 spiro atoms. The van der Waals surface area contributed by atoms with E-state index in [9.17, 15) is 9.59 Å². The molecule has 0 heterocycles. The first-order chi connectivity index (χ1) is 9.11. The molecule has 0 aromatic heterocycles. The number of rotatable bonds is 7. The second kappa shape index (κ2) is 8.29. The molecular weight excluding hydrogens is 240 g/mol. The van der Waals surface area contributed by atoms with Gasteiger partial charge in [0.2, 0.25) is 11.8 Å². The van der Waals surface area contributed by atoms with Crippen molar-refractivity contribution in [3.8, 4) is 0 Å². The largest absolute Gasteiger partial charge is 0.355 e. The van der Waals surface area contributed by atoms with Gasteiger partial charge in [-0.1, -0.05) is 31.2 Å². The van der Waals surface area contributed by atoms with Crippen LogP contribution in [0, 0.1) is 0 Å². The lowest BCUT2D eigenvalue weighted by Gasteiger charge is -2.06. The van der Waals surface area contributed by atoms with Gasteiger partial charge in [-0.2, -0.15) is 0 Å². The smallest absolute Gasteiger partial charge is 0.220 e. The molecule has 0 aliphatic carbocycles. The second-order valence-corrected chi connectivity index (χ2v) is 4.50. The Labute approximate surface area is 114 Å². The molecule has 1 aromatic carbocycles. The molecule has 0 aliphatic heterocycles. The van der Waals surface area contributed by atoms with Crippen molar-refractivity contribution in [3.05, 3.63) is 35.4 Å². The highest BCUT2D eigenvalue weighted by Crippen LogP contribution is 2.07. The fraction of sp³-hybridized carbons (Fsp3) is 0.467. The van der Waals surface area contributed by atoms with E-state index in [2.05, 4.69) is 41.8 Å². The zero-order valence-corrected chi connectivity index (χ0v) is 11.7. The van der Waals surface area contributed by atoms with Crippen molar-refractivity contribution in [1.82, 2.24) is 10.6 Å². The third-order valence-electron chi connectivity index (χ3n) is 2.89. The first kappa shape index (κ1) is 15.2. The van der Waals surface area contributed by atoms with Crippen LogP contribution in [-0.4, -0.2) is 24.9 Å². The van der Waals surface area contributed by atoms with E-state index >= 15 is 0 Å². The number of hydrogen-bond acceptors (Lipinski definition) is 2. The maximum Gasteiger partial charge on any atom is 0.220 e. The summed E-state index contributed by atoms with van der Waals surface area (Å²) < 4.78 is 0. The van der Waals surface area contributed by atoms with Crippen LogP contribution in [-0.2, 0) is 22.4 Å². The fourth-order valence-electron chi connectivity index (χ4n) is 1.73. The number of carbonyl (C=O) groups is 2. The lowest BCUT2D eigenvalue weighted by atomic mass is 10.1. The normalized spacial score (nSPS) is 10.0. The molecule has 1 aromatic rings. The summed E-state index contributed by atoms with van der Waals surface area (Å²) in [5, 5.41) is 5.41. The van der Waals surface area contributed by atoms with Gasteiger partial charge in [-0.05, 0) is 24.0 Å². The molecule has 4 heteroatoms. The molecule has 19 heavy (non-hydrogen) atoms. The van der Waals surface area contributed by atoms with Crippen LogP contribution < -0.4 is 10.6 Å². The Morgan fingerprint density at radius 3 is 2.16 bits per heavy atom. The van der Waals surface area contributed by atoms with Gasteiger partial charge in [0.05, 0.1) is 0 Å². The number of benzene rings is 1. The Bertz CT molecular complexity index is 413. The van der Waals surface area contributed by atoms with Gasteiger partial charge < -0.3 is 10.6 Å². The average Bonchev–Trinajstić information content (AvgIpc) is 2.41. The molecule has 0 fully saturated rings. The molecule has 2 N–H and O–H groups in total. The number of hydrogen-bond donors (Lipinski definition) is 2. The molecule has 0 aliphatic rings. The molecule has 2 amide bonds. The topological polar surface area (TPSA) is 58.2 Å². The lowest BCUT2D eigenvalue weighted by Crippen LogP contribution is -2.33. The number of aryl methyl sites for hydroxylation is 2. The Balaban J connectivity index is 2.20. The highest BCUT2D eigenvalue weighted by molar-refractivity contribution is 5.76. The van der Waals surface area contributed by atoms with E-state index in [-0.39, 0.29) is 11.8 Å². The predicted molar refractivity (Wildman–Crippen MR) is 75.8 cm³/mol. The van der Waals surface area contributed by atoms with Crippen LogP contribution in [0.4, 0.5) is 0 Å². The molecular formula is C15H22N2O2. The van der Waals surface area contributed by atoms with E-state index in [1.165, 1.54) is 18.1 Å². The minimum Gasteiger partial charge on any atom is -0.355 e. The van der Waals surface area contributed by atoms with Crippen LogP contribution >= 0.6 is 0 Å². The minimum atomic E-state index is -0.0785. The molecule has 0 unspecified atom stereocenters. The van der Waals surface area contributed by atoms with Crippen molar-refractivity contribution < 1.29 is 9.59 Å². The van der Waals surface area contributed by atoms with Gasteiger partial charge in [0.15, 0.2) is 0 Å². The van der Waals surface area contributed by atoms with E-state index in [4.69, 9.17) is 0 Å². The van der Waals surface area contributed by atoms with Gasteiger partial charge in [-0.3, -0.25) is 9.59 Å². The minimum absolute atomic E-state index is 0.0184. The summed E-state index contributed by atoms with van der Waals surface area (Å²) in [6.45, 7) is 4.54. The van der Waals surface area contributed by atoms with E-state index in [1.54, 1.807) is 0 Å². The molecule has 0 atom stereocenters. The molecule has 0 radical (unpaired) electrons. The van der Waals surface area contributed by atoms with Gasteiger partial charge in [0, 0.05) is 26.4 Å². The number of nitrogens with one attached hydrogen (secondary N) is 2. The van der Waals surface area contributed by atoms with Crippen LogP contribution in [0.15, 0.2) is 24.3 Å². The summed E-state index contributed by atoms with van der Waals surface area (Å²) in [7, 11) is 0. The monoisotopic (exact) mass is 262 g/mol. The maximum atomic E-state index is 11.6. The Kier molecular flexibility index (Phi) is 6.64. The molecule has 0 saturated carbocycles. The van der Waals surface area contributed by atoms with Crippen molar-refractivity contribution in [2.75, 3.05) is 13.1 Å². The van der Waals surface area contributed by atoms with Gasteiger partial charge in [0.25, 0.3) is 0 Å². The van der Waals surface area contributed by atoms with Crippen LogP contribution in [0.3, 0.4) is 0 Å². The number of carbonyl (C=O) groups excluding carboxylic acids is 2. The maximum absolute atomic E-state index is 11.6. The van der Waals surface area contributed by atoms with E-state index in [0.717, 1.165) is 12.8 Å². The van der Waals surface area contributed by atoms with Gasteiger partial charge in [-0.15, -0.1) is 0 Å². The Morgan fingerprint density at radius 1 is 1.00 bits per heavy atom. The summed E-state index contributed by atoms with van der Waals surface area (Å²) in [6.07, 6.45) is 2.26. The standard InChI is InChI=1S/C15H22N2O2/c1-3-13-4-6-14(7-5-13)8-9-15(19)17-11-10-16-12(2)18/h4-7H,3,8-11H2,1-2H3,(H,16,18)(H,17,19). The van der Waals surface area contributed by atoms with Gasteiger partial charge in [-0.25, -0.2) is 0 Å². The summed E-state index contributed by atoms with van der Waals surface area (Å²) in [4.78, 5) is 22.2. The zero-order valence-electron chi connectivity index (χ0n) is 11.7. The quantitative estimate of drug-likeness (QED) is 0.730. The van der Waals surface area contributed by atoms with Gasteiger partial charge >= 0.3 is 0 Å². The van der Waals surface area contributed by atoms with Gasteiger partial charge in [0.1, 0.15) is 0 Å². The van der Waals surface area contributed by atoms with Crippen molar-refractivity contribution in [2.45, 2.75) is 33.1 Å². The molecule has 0 saturated heterocycles. The molecule has 104 valence electrons. The molecule has 1 rings (SSSR count). The zero-order chi connectivity index (χ0) is 14.1. The summed E-state index contributed by atoms with van der Waals surface area (Å²) in [5.74, 6) is -0.0600. The first-order valence-electron chi connectivity index (χ1n) is 6.70. The summed E-state index contributed by atoms with van der Waals surface area (Å²) in [6, 6.07) is 8.35. The third-order valence-corrected chi connectivity index (χ3v) is 2.89. The van der Waals surface area contributed by atoms with E-state index < -0.39 is 0 Å². The summed E-state index contributed by atoms with van der Waals surface area (Å²) in [5.41, 5.74) is 2.48. The Morgan fingerprint density at radius 2 is 1.58 bits per heavy atom. The van der Waals surface area contributed by atoms with E-state index in [1.807, 2.05) is 0 Å². The summed E-state index contributed by atoms with van der Waals surface area (Å²) >= 11 is 0. The molecule has 4 nitrogen and oxygen atoms in total. The SMILES string of the molecule is CCc1ccc(CCC(=O)NCCNC(C)=O)cc1. The first-order valence-corrected chi connectivity index (χ1v) is 6.70. The van der Waals surface area contributed by atoms with Crippen molar-refractivity contribution in [1.29, 1.82) is 0 Å². The second-order valence-electron chi connectivity index (χ2n) is 4.50. The van der Waals surface area contributed by atoms with Crippen LogP contribution in [0.2, 0.25) is 0 Å². The van der Waals surface area contributed by atoms with Crippen molar-refractivity contribution in [3.63, 3.8) is 0 Å². The number of amides is 2. The lowest BCUT2D eigenvalue weighted by molar-refractivity contribution is -0.122. The fourth-order valence-corrected chi connectivity index (χ4v) is 1.73. The third kappa shape index (κ3) is 6.60. The highest BCUT2D eigenvalue weighted by Gasteiger charge is 2.02. The Hall–Kier alpha value is -1.84. The van der Waals surface area contributed by atoms with Crippen LogP contribution in [0.25, 0.3) is 0 Å². The predicted octanol–water partition coefficient (Wildman–Crippen LogP) is 1.43. The average molecular weight is 262 g/mol. The molecule has 0 bridgehead atoms. The highest BCUT2D eigenvalue weighted by atomic mass is 16.2. The van der Waals surface area contributed by atoms with Crippen LogP contribution in [0.1, 0.15) is 31.4 Å². The van der Waals surface area contributed by atoms with E-state index in [0.29, 0.717) is 19.5 Å². The van der Waals surface area contributed by atoms with Crippen molar-refractivity contribution >= 4 is 11.8 Å². The van der Waals surface area contributed by atoms with Crippen LogP contribution in [0.5, 0.6) is 0 Å².